The summed E-state index contributed by atoms with van der Waals surface area (Å²) in [5, 5.41) is 6.99. The summed E-state index contributed by atoms with van der Waals surface area (Å²) in [4.78, 5) is 4.49. The maximum Gasteiger partial charge on any atom is 0.153 e. The van der Waals surface area contributed by atoms with Crippen molar-refractivity contribution in [3.8, 4) is 0 Å². The molecule has 3 N–H and O–H groups in total. The molecule has 5 nitrogen and oxygen atoms in total. The highest BCUT2D eigenvalue weighted by atomic mass is 79.9. The predicted octanol–water partition coefficient (Wildman–Crippen LogP) is 3.93. The number of ether oxygens (including phenoxy) is 1. The van der Waals surface area contributed by atoms with Gasteiger partial charge in [-0.1, -0.05) is 17.7 Å². The lowest BCUT2D eigenvalue weighted by Gasteiger charge is -2.14. The second-order valence-corrected chi connectivity index (χ2v) is 6.70. The molecule has 136 valence electrons. The highest BCUT2D eigenvalue weighted by molar-refractivity contribution is 9.10. The number of nitrogens with zero attached hydrogens (tertiary/aromatic N) is 2. The summed E-state index contributed by atoms with van der Waals surface area (Å²) in [6.45, 7) is 0.107. The number of fused-ring (bicyclic) bond motifs is 1. The molecule has 1 atom stereocenters. The van der Waals surface area contributed by atoms with Crippen molar-refractivity contribution in [1.29, 1.82) is 0 Å². The van der Waals surface area contributed by atoms with E-state index in [2.05, 4.69) is 31.3 Å². The Balaban J connectivity index is 2.36. The number of methoxy groups -OCH3 is 1. The molecule has 2 aromatic rings. The number of nitrogens with two attached hydrogens (primary N) is 1. The third kappa shape index (κ3) is 3.32. The van der Waals surface area contributed by atoms with E-state index in [0.29, 0.717) is 21.6 Å². The van der Waals surface area contributed by atoms with Crippen LogP contribution in [-0.4, -0.2) is 31.3 Å². The first-order valence-corrected chi connectivity index (χ1v) is 8.69. The van der Waals surface area contributed by atoms with Crippen molar-refractivity contribution >= 4 is 44.8 Å². The monoisotopic (exact) mass is 442 g/mol. The van der Waals surface area contributed by atoms with Crippen LogP contribution in [0.4, 0.5) is 14.5 Å². The Kier molecular flexibility index (Phi) is 5.55. The zero-order valence-electron chi connectivity index (χ0n) is 13.6. The third-order valence-electron chi connectivity index (χ3n) is 3.86. The molecule has 0 bridgehead atoms. The van der Waals surface area contributed by atoms with Gasteiger partial charge in [-0.3, -0.25) is 4.99 Å². The molecule has 0 amide bonds. The number of anilines is 1. The Morgan fingerprint density at radius 2 is 1.96 bits per heavy atom. The summed E-state index contributed by atoms with van der Waals surface area (Å²) in [5.74, 6) is 4.25. The van der Waals surface area contributed by atoms with Gasteiger partial charge >= 0.3 is 0 Å². The SMILES string of the molecule is COC[C@@H]1N=C(c2c(F)cccc2F)c2c(ccc(Br)c2Cl)NC1=NN. The third-order valence-corrected chi connectivity index (χ3v) is 5.14. The van der Waals surface area contributed by atoms with E-state index in [1.807, 2.05) is 0 Å². The van der Waals surface area contributed by atoms with Crippen LogP contribution in [0.15, 0.2) is 44.9 Å². The summed E-state index contributed by atoms with van der Waals surface area (Å²) >= 11 is 9.77. The largest absolute Gasteiger partial charge is 0.382 e. The molecule has 2 aromatic carbocycles. The van der Waals surface area contributed by atoms with Gasteiger partial charge in [-0.2, -0.15) is 5.10 Å². The number of hydrazone groups is 1. The first-order valence-electron chi connectivity index (χ1n) is 7.52. The molecule has 26 heavy (non-hydrogen) atoms. The van der Waals surface area contributed by atoms with Crippen molar-refractivity contribution in [2.45, 2.75) is 6.04 Å². The van der Waals surface area contributed by atoms with Gasteiger partial charge in [0.1, 0.15) is 17.7 Å². The van der Waals surface area contributed by atoms with Crippen molar-refractivity contribution in [3.63, 3.8) is 0 Å². The van der Waals surface area contributed by atoms with Gasteiger partial charge in [-0.15, -0.1) is 0 Å². The van der Waals surface area contributed by atoms with Crippen LogP contribution in [0.25, 0.3) is 0 Å². The van der Waals surface area contributed by atoms with Crippen LogP contribution < -0.4 is 11.2 Å². The zero-order valence-corrected chi connectivity index (χ0v) is 15.9. The fourth-order valence-electron chi connectivity index (χ4n) is 2.70. The maximum atomic E-state index is 14.5. The van der Waals surface area contributed by atoms with Gasteiger partial charge in [0, 0.05) is 17.1 Å². The first-order chi connectivity index (χ1) is 12.5. The van der Waals surface area contributed by atoms with Crippen LogP contribution in [0.1, 0.15) is 11.1 Å². The molecule has 1 aliphatic heterocycles. The van der Waals surface area contributed by atoms with Crippen LogP contribution in [0.5, 0.6) is 0 Å². The van der Waals surface area contributed by atoms with Crippen molar-refractivity contribution < 1.29 is 13.5 Å². The van der Waals surface area contributed by atoms with E-state index >= 15 is 0 Å². The van der Waals surface area contributed by atoms with Crippen LogP contribution >= 0.6 is 27.5 Å². The molecule has 0 fully saturated rings. The van der Waals surface area contributed by atoms with Gasteiger partial charge in [0.25, 0.3) is 0 Å². The summed E-state index contributed by atoms with van der Waals surface area (Å²) in [7, 11) is 1.48. The molecule has 0 unspecified atom stereocenters. The smallest absolute Gasteiger partial charge is 0.153 e. The Morgan fingerprint density at radius 1 is 1.27 bits per heavy atom. The summed E-state index contributed by atoms with van der Waals surface area (Å²) in [6.07, 6.45) is 0. The number of rotatable bonds is 3. The maximum absolute atomic E-state index is 14.5. The van der Waals surface area contributed by atoms with E-state index in [1.165, 1.54) is 13.2 Å². The van der Waals surface area contributed by atoms with E-state index in [1.54, 1.807) is 12.1 Å². The number of hydrogen-bond acceptors (Lipinski definition) is 4. The molecule has 0 saturated carbocycles. The van der Waals surface area contributed by atoms with Crippen LogP contribution in [0, 0.1) is 11.6 Å². The summed E-state index contributed by atoms with van der Waals surface area (Å²) in [5.41, 5.74) is 0.581. The van der Waals surface area contributed by atoms with Crippen molar-refractivity contribution in [2.75, 3.05) is 19.0 Å². The van der Waals surface area contributed by atoms with E-state index in [9.17, 15) is 8.78 Å². The zero-order chi connectivity index (χ0) is 18.8. The molecular weight excluding hydrogens is 430 g/mol. The van der Waals surface area contributed by atoms with E-state index in [0.717, 1.165) is 12.1 Å². The van der Waals surface area contributed by atoms with Gasteiger partial charge in [0.15, 0.2) is 5.84 Å². The number of hydrogen-bond donors (Lipinski definition) is 2. The minimum atomic E-state index is -0.755. The minimum Gasteiger partial charge on any atom is -0.382 e. The Bertz CT molecular complexity index is 900. The van der Waals surface area contributed by atoms with Crippen molar-refractivity contribution in [1.82, 2.24) is 0 Å². The Labute approximate surface area is 162 Å². The van der Waals surface area contributed by atoms with Crippen molar-refractivity contribution in [3.05, 3.63) is 62.6 Å². The second kappa shape index (κ2) is 7.69. The number of aliphatic imine (C=N–C) groups is 1. The van der Waals surface area contributed by atoms with E-state index in [4.69, 9.17) is 22.2 Å². The Morgan fingerprint density at radius 3 is 2.58 bits per heavy atom. The van der Waals surface area contributed by atoms with Gasteiger partial charge in [0.2, 0.25) is 0 Å². The highest BCUT2D eigenvalue weighted by Gasteiger charge is 2.29. The standard InChI is InChI=1S/C17H14BrClF2N4O/c1-26-7-12-17(25-22)24-11-6-5-8(18)15(19)14(11)16(23-12)13-9(20)3-2-4-10(13)21/h2-6,12H,7,22H2,1H3,(H,24,25)/t12-/m0/s1. The predicted molar refractivity (Wildman–Crippen MR) is 102 cm³/mol. The molecule has 0 radical (unpaired) electrons. The highest BCUT2D eigenvalue weighted by Crippen LogP contribution is 2.36. The van der Waals surface area contributed by atoms with E-state index < -0.39 is 17.7 Å². The van der Waals surface area contributed by atoms with Crippen molar-refractivity contribution in [2.24, 2.45) is 15.9 Å². The quantitative estimate of drug-likeness (QED) is 0.558. The fourth-order valence-corrected chi connectivity index (χ4v) is 3.28. The molecule has 0 saturated heterocycles. The first kappa shape index (κ1) is 18.8. The summed E-state index contributed by atoms with van der Waals surface area (Å²) < 4.78 is 34.7. The normalized spacial score (nSPS) is 18.1. The molecule has 1 aliphatic rings. The lowest BCUT2D eigenvalue weighted by molar-refractivity contribution is 0.196. The second-order valence-electron chi connectivity index (χ2n) is 5.47. The molecule has 3 rings (SSSR count). The van der Waals surface area contributed by atoms with Crippen LogP contribution in [-0.2, 0) is 4.74 Å². The topological polar surface area (TPSA) is 72.0 Å². The molecule has 0 aliphatic carbocycles. The molecular formula is C17H14BrClF2N4O. The number of nitrogens with one attached hydrogen (secondary N) is 1. The lowest BCUT2D eigenvalue weighted by Crippen LogP contribution is -2.31. The molecule has 0 aromatic heterocycles. The summed E-state index contributed by atoms with van der Waals surface area (Å²) in [6, 6.07) is 6.31. The number of halogens is 4. The van der Waals surface area contributed by atoms with Gasteiger partial charge in [-0.25, -0.2) is 8.78 Å². The van der Waals surface area contributed by atoms with Crippen LogP contribution in [0.3, 0.4) is 0 Å². The van der Waals surface area contributed by atoms with Gasteiger partial charge < -0.3 is 15.9 Å². The Hall–Kier alpha value is -2.03. The van der Waals surface area contributed by atoms with Crippen LogP contribution in [0.2, 0.25) is 5.02 Å². The fraction of sp³-hybridized carbons (Fsp3) is 0.176. The molecule has 0 spiro atoms. The minimum absolute atomic E-state index is 0.0510. The number of benzodiazepines with no additional fused rings is 1. The molecule has 9 heteroatoms. The lowest BCUT2D eigenvalue weighted by atomic mass is 9.99. The molecule has 1 heterocycles. The number of amidine groups is 1. The average Bonchev–Trinajstić information content (AvgIpc) is 2.76. The van der Waals surface area contributed by atoms with E-state index in [-0.39, 0.29) is 22.9 Å². The van der Waals surface area contributed by atoms with Gasteiger partial charge in [0.05, 0.1) is 28.6 Å². The average molecular weight is 444 g/mol. The number of benzene rings is 2. The van der Waals surface area contributed by atoms with Gasteiger partial charge in [-0.05, 0) is 40.2 Å².